The van der Waals surface area contributed by atoms with Gasteiger partial charge < -0.3 is 24.7 Å². The second kappa shape index (κ2) is 14.4. The maximum Gasteiger partial charge on any atom is 0.194 e. The van der Waals surface area contributed by atoms with E-state index in [1.54, 1.807) is 0 Å². The number of H-pyrrole nitrogens is 1. The van der Waals surface area contributed by atoms with Gasteiger partial charge in [0.15, 0.2) is 5.96 Å². The summed E-state index contributed by atoms with van der Waals surface area (Å²) < 4.78 is 11.2. The van der Waals surface area contributed by atoms with Crippen molar-refractivity contribution < 1.29 is 9.47 Å². The van der Waals surface area contributed by atoms with Gasteiger partial charge in [-0.3, -0.25) is 4.99 Å². The van der Waals surface area contributed by atoms with Crippen LogP contribution in [0.5, 0.6) is 0 Å². The van der Waals surface area contributed by atoms with E-state index < -0.39 is 0 Å². The van der Waals surface area contributed by atoms with E-state index in [1.807, 2.05) is 31.4 Å². The molecule has 1 aliphatic heterocycles. The summed E-state index contributed by atoms with van der Waals surface area (Å²) in [4.78, 5) is 14.8. The monoisotopic (exact) mass is 541 g/mol. The highest BCUT2D eigenvalue weighted by atomic mass is 127. The molecule has 0 aliphatic carbocycles. The molecule has 0 saturated carbocycles. The largest absolute Gasteiger partial charge is 0.381 e. The van der Waals surface area contributed by atoms with Crippen molar-refractivity contribution >= 4 is 29.9 Å². The van der Waals surface area contributed by atoms with Gasteiger partial charge in [-0.15, -0.1) is 24.0 Å². The highest BCUT2D eigenvalue weighted by Crippen LogP contribution is 2.17. The standard InChI is InChI=1S/C23H35N5O2.HI/c1-3-24-23(25-12-7-13-30-18-19-10-14-29-15-11-19)28(2)17-22-26-16-21(27-22)20-8-5-4-6-9-20;/h4-6,8-9,16,19H,3,7,10-15,17-18H2,1-2H3,(H,24,25)(H,26,27);1H. The fraction of sp³-hybridized carbons (Fsp3) is 0.565. The molecule has 1 aromatic heterocycles. The minimum absolute atomic E-state index is 0. The van der Waals surface area contributed by atoms with Crippen LogP contribution in [0.3, 0.4) is 0 Å². The van der Waals surface area contributed by atoms with Gasteiger partial charge in [0.25, 0.3) is 0 Å². The van der Waals surface area contributed by atoms with Crippen LogP contribution in [0.2, 0.25) is 0 Å². The first-order valence-corrected chi connectivity index (χ1v) is 11.0. The normalized spacial score (nSPS) is 14.8. The Labute approximate surface area is 203 Å². The highest BCUT2D eigenvalue weighted by Gasteiger charge is 2.13. The highest BCUT2D eigenvalue weighted by molar-refractivity contribution is 14.0. The molecule has 1 aliphatic rings. The number of hydrogen-bond donors (Lipinski definition) is 2. The van der Waals surface area contributed by atoms with Crippen LogP contribution in [0.25, 0.3) is 11.3 Å². The lowest BCUT2D eigenvalue weighted by Crippen LogP contribution is -2.38. The van der Waals surface area contributed by atoms with Crippen molar-refractivity contribution in [2.24, 2.45) is 10.9 Å². The molecule has 0 spiro atoms. The Hall–Kier alpha value is -1.65. The summed E-state index contributed by atoms with van der Waals surface area (Å²) in [6, 6.07) is 10.2. The zero-order valence-electron chi connectivity index (χ0n) is 18.7. The maximum atomic E-state index is 5.84. The molecule has 2 aromatic rings. The molecule has 1 saturated heterocycles. The van der Waals surface area contributed by atoms with Crippen molar-refractivity contribution in [3.05, 3.63) is 42.4 Å². The summed E-state index contributed by atoms with van der Waals surface area (Å²) >= 11 is 0. The molecule has 1 fully saturated rings. The van der Waals surface area contributed by atoms with Gasteiger partial charge in [-0.2, -0.15) is 0 Å². The Morgan fingerprint density at radius 2 is 2.06 bits per heavy atom. The predicted octanol–water partition coefficient (Wildman–Crippen LogP) is 3.93. The average molecular weight is 541 g/mol. The van der Waals surface area contributed by atoms with Crippen LogP contribution in [-0.4, -0.2) is 67.4 Å². The summed E-state index contributed by atoms with van der Waals surface area (Å²) in [5.74, 6) is 2.46. The van der Waals surface area contributed by atoms with Crippen LogP contribution in [-0.2, 0) is 16.0 Å². The number of guanidine groups is 1. The summed E-state index contributed by atoms with van der Waals surface area (Å²) in [5, 5.41) is 3.36. The number of imidazole rings is 1. The molecule has 0 radical (unpaired) electrons. The smallest absolute Gasteiger partial charge is 0.194 e. The van der Waals surface area contributed by atoms with Crippen LogP contribution in [0, 0.1) is 5.92 Å². The molecule has 8 heteroatoms. The molecular formula is C23H36IN5O2. The minimum atomic E-state index is 0. The molecule has 31 heavy (non-hydrogen) atoms. The van der Waals surface area contributed by atoms with E-state index in [1.165, 1.54) is 0 Å². The third-order valence-electron chi connectivity index (χ3n) is 5.20. The molecule has 2 heterocycles. The number of nitrogens with zero attached hydrogens (tertiary/aromatic N) is 3. The molecule has 0 bridgehead atoms. The third kappa shape index (κ3) is 8.78. The fourth-order valence-electron chi connectivity index (χ4n) is 3.49. The Bertz CT molecular complexity index is 762. The molecule has 2 N–H and O–H groups in total. The van der Waals surface area contributed by atoms with Crippen molar-refractivity contribution in [1.29, 1.82) is 0 Å². The number of ether oxygens (including phenoxy) is 2. The van der Waals surface area contributed by atoms with Crippen molar-refractivity contribution in [1.82, 2.24) is 20.2 Å². The van der Waals surface area contributed by atoms with E-state index in [2.05, 4.69) is 39.2 Å². The van der Waals surface area contributed by atoms with Crippen molar-refractivity contribution in [3.8, 4) is 11.3 Å². The third-order valence-corrected chi connectivity index (χ3v) is 5.20. The summed E-state index contributed by atoms with van der Waals surface area (Å²) in [6.07, 6.45) is 5.04. The van der Waals surface area contributed by atoms with Gasteiger partial charge in [-0.1, -0.05) is 30.3 Å². The zero-order valence-corrected chi connectivity index (χ0v) is 21.0. The molecule has 3 rings (SSSR count). The Balaban J connectivity index is 0.00000341. The second-order valence-electron chi connectivity index (χ2n) is 7.69. The molecule has 1 aromatic carbocycles. The van der Waals surface area contributed by atoms with E-state index >= 15 is 0 Å². The van der Waals surface area contributed by atoms with Gasteiger partial charge in [0.1, 0.15) is 5.82 Å². The first-order valence-electron chi connectivity index (χ1n) is 11.0. The maximum absolute atomic E-state index is 5.84. The lowest BCUT2D eigenvalue weighted by molar-refractivity contribution is 0.0205. The van der Waals surface area contributed by atoms with Gasteiger partial charge in [0, 0.05) is 46.6 Å². The van der Waals surface area contributed by atoms with Crippen molar-refractivity contribution in [3.63, 3.8) is 0 Å². The van der Waals surface area contributed by atoms with Crippen LogP contribution in [0.15, 0.2) is 41.5 Å². The molecule has 7 nitrogen and oxygen atoms in total. The average Bonchev–Trinajstić information content (AvgIpc) is 3.25. The van der Waals surface area contributed by atoms with Crippen LogP contribution >= 0.6 is 24.0 Å². The SMILES string of the molecule is CCNC(=NCCCOCC1CCOCC1)N(C)Cc1ncc(-c2ccccc2)[nH]1.I. The van der Waals surface area contributed by atoms with Gasteiger partial charge >= 0.3 is 0 Å². The topological polar surface area (TPSA) is 74.8 Å². The summed E-state index contributed by atoms with van der Waals surface area (Å²) in [5.41, 5.74) is 2.17. The molecule has 0 amide bonds. The molecular weight excluding hydrogens is 505 g/mol. The number of rotatable bonds is 10. The first kappa shape index (κ1) is 25.6. The number of benzene rings is 1. The van der Waals surface area contributed by atoms with Gasteiger partial charge in [0.05, 0.1) is 18.4 Å². The van der Waals surface area contributed by atoms with Crippen LogP contribution in [0.4, 0.5) is 0 Å². The Morgan fingerprint density at radius 3 is 2.81 bits per heavy atom. The van der Waals surface area contributed by atoms with Gasteiger partial charge in [0.2, 0.25) is 0 Å². The van der Waals surface area contributed by atoms with E-state index in [4.69, 9.17) is 14.5 Å². The number of aliphatic imine (C=N–C) groups is 1. The predicted molar refractivity (Wildman–Crippen MR) is 136 cm³/mol. The molecule has 0 atom stereocenters. The quantitative estimate of drug-likeness (QED) is 0.207. The summed E-state index contributed by atoms with van der Waals surface area (Å²) in [6.45, 7) is 7.67. The lowest BCUT2D eigenvalue weighted by atomic mass is 10.0. The van der Waals surface area contributed by atoms with E-state index in [-0.39, 0.29) is 24.0 Å². The number of aromatic nitrogens is 2. The minimum Gasteiger partial charge on any atom is -0.381 e. The van der Waals surface area contributed by atoms with Gasteiger partial charge in [-0.05, 0) is 37.7 Å². The first-order chi connectivity index (χ1) is 14.8. The van der Waals surface area contributed by atoms with Gasteiger partial charge in [-0.25, -0.2) is 4.98 Å². The van der Waals surface area contributed by atoms with E-state index in [0.29, 0.717) is 12.5 Å². The summed E-state index contributed by atoms with van der Waals surface area (Å²) in [7, 11) is 2.04. The van der Waals surface area contributed by atoms with Crippen LogP contribution < -0.4 is 5.32 Å². The van der Waals surface area contributed by atoms with Crippen molar-refractivity contribution in [2.75, 3.05) is 46.6 Å². The fourth-order valence-corrected chi connectivity index (χ4v) is 3.49. The Kier molecular flexibility index (Phi) is 11.9. The molecule has 0 unspecified atom stereocenters. The number of halogens is 1. The number of aromatic amines is 1. The lowest BCUT2D eigenvalue weighted by Gasteiger charge is -2.22. The molecule has 172 valence electrons. The number of hydrogen-bond acceptors (Lipinski definition) is 4. The van der Waals surface area contributed by atoms with E-state index in [9.17, 15) is 0 Å². The van der Waals surface area contributed by atoms with Crippen molar-refractivity contribution in [2.45, 2.75) is 32.7 Å². The second-order valence-corrected chi connectivity index (χ2v) is 7.69. The van der Waals surface area contributed by atoms with E-state index in [0.717, 1.165) is 81.8 Å². The Morgan fingerprint density at radius 1 is 1.29 bits per heavy atom. The number of nitrogens with one attached hydrogen (secondary N) is 2. The zero-order chi connectivity index (χ0) is 21.0. The van der Waals surface area contributed by atoms with Crippen LogP contribution in [0.1, 0.15) is 32.0 Å².